The minimum atomic E-state index is 0.0739. The highest BCUT2D eigenvalue weighted by molar-refractivity contribution is 5.66. The van der Waals surface area contributed by atoms with Gasteiger partial charge in [0.1, 0.15) is 0 Å². The fraction of sp³-hybridized carbons (Fsp3) is 0.529. The third kappa shape index (κ3) is 1.77. The highest BCUT2D eigenvalue weighted by Crippen LogP contribution is 2.45. The molecule has 1 heteroatoms. The smallest absolute Gasteiger partial charge is 0.0564 e. The number of hydrogen-bond donors (Lipinski definition) is 0. The Bertz CT molecular complexity index is 486. The lowest BCUT2D eigenvalue weighted by molar-refractivity contribution is 0.470. The lowest BCUT2D eigenvalue weighted by Gasteiger charge is -2.45. The van der Waals surface area contributed by atoms with Gasteiger partial charge in [-0.05, 0) is 59.6 Å². The highest BCUT2D eigenvalue weighted by Gasteiger charge is 2.44. The van der Waals surface area contributed by atoms with Gasteiger partial charge in [-0.25, -0.2) is 0 Å². The topological polar surface area (TPSA) is 3.24 Å². The molecule has 0 bridgehead atoms. The fourth-order valence-electron chi connectivity index (χ4n) is 3.39. The van der Waals surface area contributed by atoms with Gasteiger partial charge in [0, 0.05) is 5.69 Å². The van der Waals surface area contributed by atoms with Crippen LogP contribution in [0.15, 0.2) is 29.8 Å². The molecule has 0 aromatic heterocycles. The fourth-order valence-corrected chi connectivity index (χ4v) is 3.39. The molecule has 0 N–H and O–H groups in total. The second-order valence-electron chi connectivity index (χ2n) is 6.62. The number of benzene rings is 1. The minimum Gasteiger partial charge on any atom is -0.354 e. The van der Waals surface area contributed by atoms with E-state index in [0.29, 0.717) is 0 Å². The second kappa shape index (κ2) is 3.88. The average Bonchev–Trinajstić information content (AvgIpc) is 2.36. The maximum atomic E-state index is 2.57. The van der Waals surface area contributed by atoms with Crippen LogP contribution in [0.2, 0.25) is 0 Å². The summed E-state index contributed by atoms with van der Waals surface area (Å²) < 4.78 is 0. The van der Waals surface area contributed by atoms with Crippen LogP contribution in [-0.2, 0) is 0 Å². The molecule has 0 unspecified atom stereocenters. The Morgan fingerprint density at radius 3 is 1.78 bits per heavy atom. The lowest BCUT2D eigenvalue weighted by Crippen LogP contribution is -2.51. The number of aryl methyl sites for hydroxylation is 2. The van der Waals surface area contributed by atoms with Crippen molar-refractivity contribution in [1.82, 2.24) is 0 Å². The van der Waals surface area contributed by atoms with E-state index in [1.54, 1.807) is 0 Å². The molecule has 1 aliphatic rings. The van der Waals surface area contributed by atoms with Crippen LogP contribution >= 0.6 is 0 Å². The average molecular weight is 243 g/mol. The van der Waals surface area contributed by atoms with Crippen LogP contribution in [0.5, 0.6) is 0 Å². The molecule has 1 aromatic rings. The predicted octanol–water partition coefficient (Wildman–Crippen LogP) is 4.63. The van der Waals surface area contributed by atoms with Crippen LogP contribution in [0.3, 0.4) is 0 Å². The van der Waals surface area contributed by atoms with Gasteiger partial charge in [0.15, 0.2) is 0 Å². The molecular weight excluding hydrogens is 218 g/mol. The molecule has 0 fully saturated rings. The molecular formula is C17H25N. The summed E-state index contributed by atoms with van der Waals surface area (Å²) in [6.45, 7) is 15.9. The van der Waals surface area contributed by atoms with E-state index in [-0.39, 0.29) is 11.1 Å². The van der Waals surface area contributed by atoms with Gasteiger partial charge in [-0.2, -0.15) is 0 Å². The number of anilines is 1. The first-order valence-corrected chi connectivity index (χ1v) is 6.74. The molecule has 18 heavy (non-hydrogen) atoms. The molecule has 0 saturated carbocycles. The van der Waals surface area contributed by atoms with Gasteiger partial charge in [0.25, 0.3) is 0 Å². The van der Waals surface area contributed by atoms with E-state index in [1.165, 1.54) is 22.4 Å². The maximum Gasteiger partial charge on any atom is 0.0564 e. The van der Waals surface area contributed by atoms with Gasteiger partial charge >= 0.3 is 0 Å². The summed E-state index contributed by atoms with van der Waals surface area (Å²) in [5.41, 5.74) is 5.72. The van der Waals surface area contributed by atoms with Gasteiger partial charge in [0.2, 0.25) is 0 Å². The van der Waals surface area contributed by atoms with Crippen LogP contribution < -0.4 is 4.90 Å². The Morgan fingerprint density at radius 2 is 1.39 bits per heavy atom. The van der Waals surface area contributed by atoms with Crippen molar-refractivity contribution in [3.8, 4) is 0 Å². The molecule has 1 heterocycles. The molecule has 98 valence electrons. The van der Waals surface area contributed by atoms with Crippen molar-refractivity contribution < 1.29 is 0 Å². The van der Waals surface area contributed by atoms with Crippen molar-refractivity contribution in [2.24, 2.45) is 0 Å². The second-order valence-corrected chi connectivity index (χ2v) is 6.62. The van der Waals surface area contributed by atoms with E-state index in [9.17, 15) is 0 Å². The van der Waals surface area contributed by atoms with Crippen molar-refractivity contribution in [1.29, 1.82) is 0 Å². The normalized spacial score (nSPS) is 21.1. The van der Waals surface area contributed by atoms with Gasteiger partial charge in [0.05, 0.1) is 11.1 Å². The first-order valence-electron chi connectivity index (χ1n) is 6.74. The third-order valence-electron chi connectivity index (χ3n) is 4.33. The van der Waals surface area contributed by atoms with Gasteiger partial charge in [-0.3, -0.25) is 0 Å². The zero-order valence-corrected chi connectivity index (χ0v) is 12.8. The largest absolute Gasteiger partial charge is 0.354 e. The standard InChI is InChI=1S/C17H25N/c1-12-9-8-10-13(2)15(12)18-16(4,5)11-14(3)17(18,6)7/h8-11H,1-7H3. The summed E-state index contributed by atoms with van der Waals surface area (Å²) in [5.74, 6) is 0. The summed E-state index contributed by atoms with van der Waals surface area (Å²) in [6.07, 6.45) is 2.40. The molecule has 1 aromatic carbocycles. The van der Waals surface area contributed by atoms with E-state index in [1.807, 2.05) is 0 Å². The highest BCUT2D eigenvalue weighted by atomic mass is 15.3. The van der Waals surface area contributed by atoms with E-state index >= 15 is 0 Å². The van der Waals surface area contributed by atoms with Crippen molar-refractivity contribution in [3.63, 3.8) is 0 Å². The van der Waals surface area contributed by atoms with Crippen LogP contribution in [0.25, 0.3) is 0 Å². The first-order chi connectivity index (χ1) is 8.18. The quantitative estimate of drug-likeness (QED) is 0.650. The number of nitrogens with zero attached hydrogens (tertiary/aromatic N) is 1. The van der Waals surface area contributed by atoms with E-state index in [2.05, 4.69) is 77.6 Å². The summed E-state index contributed by atoms with van der Waals surface area (Å²) >= 11 is 0. The van der Waals surface area contributed by atoms with Gasteiger partial charge in [-0.1, -0.05) is 29.8 Å². The third-order valence-corrected chi connectivity index (χ3v) is 4.33. The summed E-state index contributed by atoms with van der Waals surface area (Å²) in [7, 11) is 0. The molecule has 1 nitrogen and oxygen atoms in total. The molecule has 0 aliphatic carbocycles. The molecule has 0 radical (unpaired) electrons. The van der Waals surface area contributed by atoms with Crippen molar-refractivity contribution in [2.75, 3.05) is 4.90 Å². The minimum absolute atomic E-state index is 0.0739. The number of rotatable bonds is 1. The molecule has 2 rings (SSSR count). The van der Waals surface area contributed by atoms with Crippen LogP contribution in [0, 0.1) is 13.8 Å². The predicted molar refractivity (Wildman–Crippen MR) is 80.3 cm³/mol. The van der Waals surface area contributed by atoms with Crippen molar-refractivity contribution in [3.05, 3.63) is 41.0 Å². The molecule has 0 atom stereocenters. The molecule has 0 spiro atoms. The summed E-state index contributed by atoms with van der Waals surface area (Å²) in [4.78, 5) is 2.57. The molecule has 1 aliphatic heterocycles. The Balaban J connectivity index is 2.64. The zero-order valence-electron chi connectivity index (χ0n) is 12.8. The molecule has 0 saturated heterocycles. The van der Waals surface area contributed by atoms with Gasteiger partial charge in [-0.15, -0.1) is 0 Å². The van der Waals surface area contributed by atoms with Crippen LogP contribution in [0.4, 0.5) is 5.69 Å². The zero-order chi connectivity index (χ0) is 13.7. The van der Waals surface area contributed by atoms with Crippen LogP contribution in [-0.4, -0.2) is 11.1 Å². The Labute approximate surface area is 112 Å². The Hall–Kier alpha value is -1.24. The van der Waals surface area contributed by atoms with E-state index in [0.717, 1.165) is 0 Å². The first kappa shape index (κ1) is 13.2. The Kier molecular flexibility index (Phi) is 2.84. The lowest BCUT2D eigenvalue weighted by atomic mass is 9.94. The summed E-state index contributed by atoms with van der Waals surface area (Å²) in [6, 6.07) is 6.56. The monoisotopic (exact) mass is 243 g/mol. The Morgan fingerprint density at radius 1 is 0.889 bits per heavy atom. The molecule has 0 amide bonds. The van der Waals surface area contributed by atoms with Crippen LogP contribution in [0.1, 0.15) is 45.7 Å². The SMILES string of the molecule is CC1=CC(C)(C)N(c2c(C)cccc2C)C1(C)C. The number of hydrogen-bond acceptors (Lipinski definition) is 1. The van der Waals surface area contributed by atoms with Crippen molar-refractivity contribution >= 4 is 5.69 Å². The van der Waals surface area contributed by atoms with E-state index in [4.69, 9.17) is 0 Å². The van der Waals surface area contributed by atoms with Gasteiger partial charge < -0.3 is 4.90 Å². The number of para-hydroxylation sites is 1. The van der Waals surface area contributed by atoms with Crippen molar-refractivity contribution in [2.45, 2.75) is 59.5 Å². The summed E-state index contributed by atoms with van der Waals surface area (Å²) in [5, 5.41) is 0. The van der Waals surface area contributed by atoms with E-state index < -0.39 is 0 Å². The maximum absolute atomic E-state index is 2.57.